The van der Waals surface area contributed by atoms with Crippen LogP contribution in [0.4, 0.5) is 0 Å². The molecule has 0 aromatic heterocycles. The summed E-state index contributed by atoms with van der Waals surface area (Å²) in [4.78, 5) is 0.238. The van der Waals surface area contributed by atoms with Gasteiger partial charge in [0.05, 0.1) is 11.5 Å². The van der Waals surface area contributed by atoms with E-state index in [2.05, 4.69) is 30.3 Å². The van der Waals surface area contributed by atoms with Crippen molar-refractivity contribution in [3.63, 3.8) is 0 Å². The van der Waals surface area contributed by atoms with Gasteiger partial charge in [-0.25, -0.2) is 0 Å². The van der Waals surface area contributed by atoms with Gasteiger partial charge in [-0.15, -0.1) is 0 Å². The summed E-state index contributed by atoms with van der Waals surface area (Å²) in [6.45, 7) is 2.20. The van der Waals surface area contributed by atoms with Crippen molar-refractivity contribution in [3.05, 3.63) is 65.7 Å². The summed E-state index contributed by atoms with van der Waals surface area (Å²) in [6, 6.07) is 17.4. The lowest BCUT2D eigenvalue weighted by Crippen LogP contribution is -2.07. The normalized spacial score (nSPS) is 11.6. The Morgan fingerprint density at radius 1 is 0.731 bits per heavy atom. The van der Waals surface area contributed by atoms with Crippen molar-refractivity contribution in [2.24, 2.45) is 0 Å². The van der Waals surface area contributed by atoms with Crippen LogP contribution in [0.5, 0.6) is 0 Å². The van der Waals surface area contributed by atoms with E-state index in [-0.39, 0.29) is 11.5 Å². The third kappa shape index (κ3) is 7.71. The molecule has 0 heterocycles. The minimum Gasteiger partial charge on any atom is -0.266 e. The van der Waals surface area contributed by atoms with Crippen LogP contribution in [0.25, 0.3) is 0 Å². The van der Waals surface area contributed by atoms with Crippen LogP contribution in [-0.4, -0.2) is 15.0 Å². The molecule has 4 heteroatoms. The molecule has 0 aliphatic rings. The summed E-state index contributed by atoms with van der Waals surface area (Å²) >= 11 is 0. The molecule has 0 atom stereocenters. The smallest absolute Gasteiger partial charge is 0.266 e. The van der Waals surface area contributed by atoms with Crippen molar-refractivity contribution in [3.8, 4) is 0 Å². The van der Waals surface area contributed by atoms with Crippen molar-refractivity contribution in [2.75, 3.05) is 6.61 Å². The molecule has 0 saturated carbocycles. The molecule has 0 bridgehead atoms. The number of hydrogen-bond acceptors (Lipinski definition) is 3. The van der Waals surface area contributed by atoms with Gasteiger partial charge in [0.1, 0.15) is 0 Å². The third-order valence-electron chi connectivity index (χ3n) is 4.50. The Morgan fingerprint density at radius 3 is 1.96 bits per heavy atom. The summed E-state index contributed by atoms with van der Waals surface area (Å²) in [7, 11) is -3.61. The Bertz CT molecular complexity index is 722. The van der Waals surface area contributed by atoms with Crippen LogP contribution in [-0.2, 0) is 20.7 Å². The van der Waals surface area contributed by atoms with Gasteiger partial charge in [0.15, 0.2) is 0 Å². The van der Waals surface area contributed by atoms with Gasteiger partial charge >= 0.3 is 0 Å². The Hall–Kier alpha value is -1.65. The third-order valence-corrected chi connectivity index (χ3v) is 5.83. The van der Waals surface area contributed by atoms with Crippen LogP contribution in [0.15, 0.2) is 59.5 Å². The van der Waals surface area contributed by atoms with Gasteiger partial charge in [-0.05, 0) is 43.9 Å². The molecular formula is C22H30O3S. The zero-order chi connectivity index (χ0) is 18.7. The van der Waals surface area contributed by atoms with E-state index >= 15 is 0 Å². The monoisotopic (exact) mass is 374 g/mol. The fraction of sp³-hybridized carbons (Fsp3) is 0.455. The molecule has 0 saturated heterocycles. The van der Waals surface area contributed by atoms with Crippen LogP contribution in [0.2, 0.25) is 0 Å². The first kappa shape index (κ1) is 20.7. The van der Waals surface area contributed by atoms with E-state index in [0.717, 1.165) is 31.2 Å². The lowest BCUT2D eigenvalue weighted by Gasteiger charge is -2.06. The minimum atomic E-state index is -3.61. The maximum absolute atomic E-state index is 12.0. The van der Waals surface area contributed by atoms with Gasteiger partial charge in [-0.2, -0.15) is 8.42 Å². The maximum atomic E-state index is 12.0. The van der Waals surface area contributed by atoms with E-state index in [9.17, 15) is 8.42 Å². The molecule has 0 N–H and O–H groups in total. The second kappa shape index (κ2) is 11.1. The van der Waals surface area contributed by atoms with Crippen LogP contribution in [0.3, 0.4) is 0 Å². The van der Waals surface area contributed by atoms with Crippen molar-refractivity contribution >= 4 is 10.1 Å². The highest BCUT2D eigenvalue weighted by atomic mass is 32.2. The van der Waals surface area contributed by atoms with Gasteiger partial charge < -0.3 is 0 Å². The zero-order valence-electron chi connectivity index (χ0n) is 15.7. The van der Waals surface area contributed by atoms with Crippen molar-refractivity contribution < 1.29 is 12.6 Å². The van der Waals surface area contributed by atoms with Gasteiger partial charge in [-0.1, -0.05) is 80.1 Å². The Balaban J connectivity index is 1.48. The van der Waals surface area contributed by atoms with E-state index in [0.29, 0.717) is 0 Å². The second-order valence-corrected chi connectivity index (χ2v) is 8.41. The second-order valence-electron chi connectivity index (χ2n) is 6.80. The van der Waals surface area contributed by atoms with E-state index in [1.54, 1.807) is 24.3 Å². The number of benzene rings is 2. The maximum Gasteiger partial charge on any atom is 0.296 e. The number of aryl methyl sites for hydroxylation is 2. The van der Waals surface area contributed by atoms with Crippen molar-refractivity contribution in [2.45, 2.75) is 63.2 Å². The molecule has 2 rings (SSSR count). The topological polar surface area (TPSA) is 43.4 Å². The Labute approximate surface area is 158 Å². The first-order chi connectivity index (χ1) is 12.6. The minimum absolute atomic E-state index is 0.238. The SMILES string of the molecule is Cc1ccc(S(=O)(=O)OCCCCCCCCCc2ccccc2)cc1. The van der Waals surface area contributed by atoms with E-state index < -0.39 is 10.1 Å². The summed E-state index contributed by atoms with van der Waals surface area (Å²) in [5, 5.41) is 0. The molecule has 2 aromatic rings. The van der Waals surface area contributed by atoms with Gasteiger partial charge in [0, 0.05) is 0 Å². The Kier molecular flexibility index (Phi) is 8.86. The summed E-state index contributed by atoms with van der Waals surface area (Å²) in [5.74, 6) is 0. The van der Waals surface area contributed by atoms with E-state index in [4.69, 9.17) is 4.18 Å². The van der Waals surface area contributed by atoms with E-state index in [1.807, 2.05) is 6.92 Å². The molecule has 0 radical (unpaired) electrons. The quantitative estimate of drug-likeness (QED) is 0.355. The molecule has 0 aliphatic heterocycles. The number of rotatable bonds is 12. The molecule has 0 spiro atoms. The Morgan fingerprint density at radius 2 is 1.31 bits per heavy atom. The molecule has 2 aromatic carbocycles. The molecule has 3 nitrogen and oxygen atoms in total. The lowest BCUT2D eigenvalue weighted by atomic mass is 10.0. The fourth-order valence-corrected chi connectivity index (χ4v) is 3.84. The predicted molar refractivity (Wildman–Crippen MR) is 107 cm³/mol. The highest BCUT2D eigenvalue weighted by Crippen LogP contribution is 2.15. The molecule has 0 aliphatic carbocycles. The summed E-state index contributed by atoms with van der Waals surface area (Å²) < 4.78 is 29.2. The molecule has 0 amide bonds. The number of hydrogen-bond donors (Lipinski definition) is 0. The average Bonchev–Trinajstić information content (AvgIpc) is 2.64. The fourth-order valence-electron chi connectivity index (χ4n) is 2.90. The lowest BCUT2D eigenvalue weighted by molar-refractivity contribution is 0.306. The standard InChI is InChI=1S/C22H30O3S/c1-20-15-17-22(18-16-20)26(23,24)25-19-11-6-4-2-3-5-8-12-21-13-9-7-10-14-21/h7,9-10,13-18H,2-6,8,11-12,19H2,1H3. The number of unbranched alkanes of at least 4 members (excludes halogenated alkanes) is 6. The highest BCUT2D eigenvalue weighted by Gasteiger charge is 2.14. The molecule has 26 heavy (non-hydrogen) atoms. The van der Waals surface area contributed by atoms with Crippen molar-refractivity contribution in [1.82, 2.24) is 0 Å². The largest absolute Gasteiger partial charge is 0.296 e. The zero-order valence-corrected chi connectivity index (χ0v) is 16.5. The van der Waals surface area contributed by atoms with Crippen molar-refractivity contribution in [1.29, 1.82) is 0 Å². The molecule has 0 unspecified atom stereocenters. The highest BCUT2D eigenvalue weighted by molar-refractivity contribution is 7.86. The molecular weight excluding hydrogens is 344 g/mol. The first-order valence-corrected chi connectivity index (χ1v) is 11.0. The average molecular weight is 375 g/mol. The van der Waals surface area contributed by atoms with Crippen LogP contribution in [0.1, 0.15) is 56.1 Å². The predicted octanol–water partition coefficient (Wildman–Crippen LogP) is 5.67. The van der Waals surface area contributed by atoms with Crippen LogP contribution in [0, 0.1) is 6.92 Å². The van der Waals surface area contributed by atoms with Crippen LogP contribution < -0.4 is 0 Å². The van der Waals surface area contributed by atoms with E-state index in [1.165, 1.54) is 31.2 Å². The van der Waals surface area contributed by atoms with Gasteiger partial charge in [-0.3, -0.25) is 4.18 Å². The van der Waals surface area contributed by atoms with Gasteiger partial charge in [0.2, 0.25) is 0 Å². The first-order valence-electron chi connectivity index (χ1n) is 9.58. The summed E-state index contributed by atoms with van der Waals surface area (Å²) in [5.41, 5.74) is 2.45. The molecule has 142 valence electrons. The summed E-state index contributed by atoms with van der Waals surface area (Å²) in [6.07, 6.45) is 9.05. The van der Waals surface area contributed by atoms with Gasteiger partial charge in [0.25, 0.3) is 10.1 Å². The van der Waals surface area contributed by atoms with Crippen LogP contribution >= 0.6 is 0 Å². The molecule has 0 fully saturated rings.